The fraction of sp³-hybridized carbons (Fsp3) is 0.400. The predicted molar refractivity (Wildman–Crippen MR) is 130 cm³/mol. The normalized spacial score (nSPS) is 18.0. The highest BCUT2D eigenvalue weighted by Crippen LogP contribution is 2.21. The Morgan fingerprint density at radius 3 is 2.60 bits per heavy atom. The highest BCUT2D eigenvalue weighted by molar-refractivity contribution is 6.13. The Bertz CT molecular complexity index is 1130. The molecule has 2 aromatic rings. The van der Waals surface area contributed by atoms with Gasteiger partial charge in [-0.1, -0.05) is 30.3 Å². The van der Waals surface area contributed by atoms with Crippen molar-refractivity contribution in [2.24, 2.45) is 0 Å². The Labute approximate surface area is 204 Å². The largest absolute Gasteiger partial charge is 0.444 e. The number of nitrogens with zero attached hydrogens (tertiary/aromatic N) is 5. The molecule has 2 aliphatic rings. The molecular formula is C25H30N6O4. The van der Waals surface area contributed by atoms with E-state index in [-0.39, 0.29) is 18.3 Å². The van der Waals surface area contributed by atoms with Gasteiger partial charge in [-0.05, 0) is 44.9 Å². The fourth-order valence-corrected chi connectivity index (χ4v) is 3.89. The van der Waals surface area contributed by atoms with Crippen molar-refractivity contribution < 1.29 is 19.1 Å². The van der Waals surface area contributed by atoms with Gasteiger partial charge in [-0.2, -0.15) is 0 Å². The third kappa shape index (κ3) is 6.14. The first-order valence-electron chi connectivity index (χ1n) is 11.6. The van der Waals surface area contributed by atoms with Crippen LogP contribution in [0.1, 0.15) is 38.4 Å². The van der Waals surface area contributed by atoms with Gasteiger partial charge in [0, 0.05) is 32.4 Å². The molecule has 35 heavy (non-hydrogen) atoms. The lowest BCUT2D eigenvalue weighted by Crippen LogP contribution is -2.39. The quantitative estimate of drug-likeness (QED) is 0.532. The zero-order chi connectivity index (χ0) is 25.0. The lowest BCUT2D eigenvalue weighted by atomic mass is 10.2. The van der Waals surface area contributed by atoms with E-state index >= 15 is 0 Å². The molecule has 0 bridgehead atoms. The molecule has 10 nitrogen and oxygen atoms in total. The van der Waals surface area contributed by atoms with Crippen LogP contribution < -0.4 is 10.2 Å². The molecule has 2 saturated heterocycles. The molecule has 0 radical (unpaired) electrons. The number of amides is 4. The minimum Gasteiger partial charge on any atom is -0.444 e. The Kier molecular flexibility index (Phi) is 6.99. The number of carbonyl (C=O) groups is 3. The molecular weight excluding hydrogens is 448 g/mol. The lowest BCUT2D eigenvalue weighted by Gasteiger charge is -2.26. The van der Waals surface area contributed by atoms with Crippen LogP contribution in [0, 0.1) is 0 Å². The number of anilines is 1. The van der Waals surface area contributed by atoms with Gasteiger partial charge in [-0.15, -0.1) is 0 Å². The van der Waals surface area contributed by atoms with Crippen molar-refractivity contribution in [3.63, 3.8) is 0 Å². The van der Waals surface area contributed by atoms with Crippen molar-refractivity contribution in [2.75, 3.05) is 31.1 Å². The van der Waals surface area contributed by atoms with Crippen LogP contribution in [0.2, 0.25) is 0 Å². The minimum atomic E-state index is -0.545. The van der Waals surface area contributed by atoms with Crippen LogP contribution >= 0.6 is 0 Å². The number of ether oxygens (including phenoxy) is 1. The molecule has 1 aromatic heterocycles. The van der Waals surface area contributed by atoms with Crippen molar-refractivity contribution >= 4 is 30.1 Å². The fourth-order valence-electron chi connectivity index (χ4n) is 3.89. The molecule has 0 atom stereocenters. The molecule has 2 fully saturated rings. The molecule has 3 heterocycles. The van der Waals surface area contributed by atoms with E-state index in [1.54, 1.807) is 23.2 Å². The maximum Gasteiger partial charge on any atom is 0.410 e. The van der Waals surface area contributed by atoms with Crippen LogP contribution in [0.25, 0.3) is 6.08 Å². The van der Waals surface area contributed by atoms with E-state index < -0.39 is 17.5 Å². The van der Waals surface area contributed by atoms with Gasteiger partial charge in [-0.25, -0.2) is 19.6 Å². The summed E-state index contributed by atoms with van der Waals surface area (Å²) in [6.45, 7) is 8.13. The van der Waals surface area contributed by atoms with Gasteiger partial charge in [0.15, 0.2) is 0 Å². The van der Waals surface area contributed by atoms with Crippen molar-refractivity contribution in [1.82, 2.24) is 25.1 Å². The van der Waals surface area contributed by atoms with Crippen LogP contribution in [0.15, 0.2) is 48.3 Å². The number of rotatable bonds is 4. The second-order valence-electron chi connectivity index (χ2n) is 9.45. The zero-order valence-corrected chi connectivity index (χ0v) is 20.2. The summed E-state index contributed by atoms with van der Waals surface area (Å²) in [5.74, 6) is 0.0404. The van der Waals surface area contributed by atoms with Gasteiger partial charge in [0.2, 0.25) is 5.95 Å². The Hall–Kier alpha value is -3.95. The molecule has 1 N–H and O–H groups in total. The summed E-state index contributed by atoms with van der Waals surface area (Å²) in [7, 11) is 0. The SMILES string of the molecule is CC(C)(C)OC(=O)N1CCCN(c2nccc(C=C3C(=O)NC(=O)N3Cc3ccccc3)n2)CC1. The molecule has 4 amide bonds. The zero-order valence-electron chi connectivity index (χ0n) is 20.2. The van der Waals surface area contributed by atoms with Crippen LogP contribution in [-0.2, 0) is 16.1 Å². The van der Waals surface area contributed by atoms with Crippen LogP contribution in [0.5, 0.6) is 0 Å². The van der Waals surface area contributed by atoms with E-state index in [0.717, 1.165) is 12.0 Å². The molecule has 2 aliphatic heterocycles. The summed E-state index contributed by atoms with van der Waals surface area (Å²) in [6, 6.07) is 10.7. The number of benzene rings is 1. The summed E-state index contributed by atoms with van der Waals surface area (Å²) >= 11 is 0. The third-order valence-electron chi connectivity index (χ3n) is 5.55. The Morgan fingerprint density at radius 1 is 1.09 bits per heavy atom. The summed E-state index contributed by atoms with van der Waals surface area (Å²) in [4.78, 5) is 51.4. The maximum absolute atomic E-state index is 12.5. The Morgan fingerprint density at radius 2 is 1.86 bits per heavy atom. The highest BCUT2D eigenvalue weighted by Gasteiger charge is 2.33. The van der Waals surface area contributed by atoms with Gasteiger partial charge in [-0.3, -0.25) is 15.0 Å². The first kappa shape index (κ1) is 24.2. The molecule has 184 valence electrons. The second-order valence-corrected chi connectivity index (χ2v) is 9.45. The number of urea groups is 1. The van der Waals surface area contributed by atoms with E-state index in [4.69, 9.17) is 4.74 Å². The highest BCUT2D eigenvalue weighted by atomic mass is 16.6. The van der Waals surface area contributed by atoms with E-state index in [9.17, 15) is 14.4 Å². The molecule has 1 aromatic carbocycles. The van der Waals surface area contributed by atoms with Gasteiger partial charge >= 0.3 is 12.1 Å². The summed E-state index contributed by atoms with van der Waals surface area (Å²) in [6.07, 6.45) is 3.64. The number of hydrogen-bond donors (Lipinski definition) is 1. The van der Waals surface area contributed by atoms with E-state index in [2.05, 4.69) is 15.3 Å². The lowest BCUT2D eigenvalue weighted by molar-refractivity contribution is -0.116. The number of hydrogen-bond acceptors (Lipinski definition) is 7. The summed E-state index contributed by atoms with van der Waals surface area (Å²) in [5.41, 5.74) is 1.11. The topological polar surface area (TPSA) is 108 Å². The number of nitrogens with one attached hydrogen (secondary N) is 1. The molecule has 0 unspecified atom stereocenters. The Balaban J connectivity index is 1.49. The van der Waals surface area contributed by atoms with Crippen LogP contribution in [0.3, 0.4) is 0 Å². The van der Waals surface area contributed by atoms with Gasteiger partial charge < -0.3 is 14.5 Å². The van der Waals surface area contributed by atoms with E-state index in [1.165, 1.54) is 4.90 Å². The molecule has 10 heteroatoms. The molecule has 0 spiro atoms. The average molecular weight is 479 g/mol. The maximum atomic E-state index is 12.5. The molecule has 0 saturated carbocycles. The standard InChI is InChI=1S/C25H30N6O4/c1-25(2,3)35-24(34)30-13-7-12-29(14-15-30)22-26-11-10-19(27-22)16-20-21(32)28-23(33)31(20)17-18-8-5-4-6-9-18/h4-6,8-11,16H,7,12-15,17H2,1-3H3,(H,28,32,33). The second kappa shape index (κ2) is 10.1. The summed E-state index contributed by atoms with van der Waals surface area (Å²) in [5, 5.41) is 2.35. The molecule has 4 rings (SSSR count). The smallest absolute Gasteiger partial charge is 0.410 e. The van der Waals surface area contributed by atoms with Crippen LogP contribution in [-0.4, -0.2) is 69.6 Å². The molecule has 0 aliphatic carbocycles. The third-order valence-corrected chi connectivity index (χ3v) is 5.55. The van der Waals surface area contributed by atoms with Gasteiger partial charge in [0.05, 0.1) is 12.2 Å². The van der Waals surface area contributed by atoms with Crippen molar-refractivity contribution in [2.45, 2.75) is 39.3 Å². The number of imide groups is 1. The van der Waals surface area contributed by atoms with Crippen molar-refractivity contribution in [3.05, 3.63) is 59.5 Å². The average Bonchev–Trinajstić information content (AvgIpc) is 2.98. The first-order chi connectivity index (χ1) is 16.7. The minimum absolute atomic E-state index is 0.232. The van der Waals surface area contributed by atoms with E-state index in [0.29, 0.717) is 37.8 Å². The summed E-state index contributed by atoms with van der Waals surface area (Å²) < 4.78 is 5.50. The number of aromatic nitrogens is 2. The van der Waals surface area contributed by atoms with Gasteiger partial charge in [0.25, 0.3) is 5.91 Å². The first-order valence-corrected chi connectivity index (χ1v) is 11.6. The predicted octanol–water partition coefficient (Wildman–Crippen LogP) is 3.02. The van der Waals surface area contributed by atoms with E-state index in [1.807, 2.05) is 56.0 Å². The van der Waals surface area contributed by atoms with Crippen LogP contribution in [0.4, 0.5) is 15.5 Å². The monoisotopic (exact) mass is 478 g/mol. The number of carbonyl (C=O) groups excluding carboxylic acids is 3. The van der Waals surface area contributed by atoms with Crippen molar-refractivity contribution in [3.8, 4) is 0 Å². The van der Waals surface area contributed by atoms with Gasteiger partial charge in [0.1, 0.15) is 11.3 Å². The van der Waals surface area contributed by atoms with Crippen molar-refractivity contribution in [1.29, 1.82) is 0 Å².